The van der Waals surface area contributed by atoms with Gasteiger partial charge in [-0.3, -0.25) is 9.59 Å². The molecule has 1 aromatic carbocycles. The van der Waals surface area contributed by atoms with Gasteiger partial charge in [0.2, 0.25) is 5.91 Å². The van der Waals surface area contributed by atoms with Crippen LogP contribution in [0.5, 0.6) is 0 Å². The van der Waals surface area contributed by atoms with Crippen molar-refractivity contribution in [1.29, 1.82) is 0 Å². The van der Waals surface area contributed by atoms with Gasteiger partial charge in [-0.05, 0) is 37.8 Å². The molecule has 0 saturated carbocycles. The van der Waals surface area contributed by atoms with Crippen molar-refractivity contribution >= 4 is 17.9 Å². The molecule has 0 aromatic heterocycles. The van der Waals surface area contributed by atoms with Crippen molar-refractivity contribution in [3.63, 3.8) is 0 Å². The highest BCUT2D eigenvalue weighted by Crippen LogP contribution is 2.29. The average molecular weight is 418 g/mol. The Bertz CT molecular complexity index is 722. The van der Waals surface area contributed by atoms with E-state index in [9.17, 15) is 14.4 Å². The highest BCUT2D eigenvalue weighted by Gasteiger charge is 2.29. The molecule has 1 aliphatic rings. The number of hydrogen-bond donors (Lipinski definition) is 1. The Morgan fingerprint density at radius 3 is 2.67 bits per heavy atom. The third kappa shape index (κ3) is 6.75. The molecule has 0 fully saturated rings. The van der Waals surface area contributed by atoms with Crippen LogP contribution in [0.1, 0.15) is 63.6 Å². The number of ether oxygens (including phenoxy) is 1. The largest absolute Gasteiger partial charge is 0.465 e. The van der Waals surface area contributed by atoms with Gasteiger partial charge in [0.05, 0.1) is 12.6 Å². The molecule has 7 heteroatoms. The fourth-order valence-corrected chi connectivity index (χ4v) is 3.82. The zero-order chi connectivity index (χ0) is 21.9. The van der Waals surface area contributed by atoms with Crippen LogP contribution < -0.4 is 5.32 Å². The molecule has 2 rings (SSSR count). The van der Waals surface area contributed by atoms with E-state index in [-0.39, 0.29) is 31.6 Å². The summed E-state index contributed by atoms with van der Waals surface area (Å²) >= 11 is 0. The van der Waals surface area contributed by atoms with Crippen LogP contribution >= 0.6 is 0 Å². The van der Waals surface area contributed by atoms with Crippen LogP contribution in [-0.2, 0) is 20.7 Å². The molecule has 0 radical (unpaired) electrons. The number of amides is 3. The van der Waals surface area contributed by atoms with Crippen LogP contribution in [-0.4, -0.2) is 60.5 Å². The van der Waals surface area contributed by atoms with Gasteiger partial charge in [0.1, 0.15) is 13.1 Å². The summed E-state index contributed by atoms with van der Waals surface area (Å²) in [5.41, 5.74) is 2.44. The first-order chi connectivity index (χ1) is 14.5. The van der Waals surface area contributed by atoms with Crippen molar-refractivity contribution in [3.8, 4) is 0 Å². The minimum absolute atomic E-state index is 0.00723. The maximum atomic E-state index is 13.1. The van der Waals surface area contributed by atoms with Gasteiger partial charge in [-0.2, -0.15) is 0 Å². The van der Waals surface area contributed by atoms with E-state index < -0.39 is 12.0 Å². The van der Waals surface area contributed by atoms with E-state index in [4.69, 9.17) is 4.74 Å². The Morgan fingerprint density at radius 1 is 1.17 bits per heavy atom. The molecule has 0 bridgehead atoms. The zero-order valence-corrected chi connectivity index (χ0v) is 18.5. The van der Waals surface area contributed by atoms with E-state index in [0.717, 1.165) is 32.1 Å². The van der Waals surface area contributed by atoms with Gasteiger partial charge < -0.3 is 19.9 Å². The predicted octanol–water partition coefficient (Wildman–Crippen LogP) is 3.29. The standard InChI is InChI=1S/C23H35N3O4/c1-4-6-7-10-14-25(23(29)24-16-22(28)30-5-2)17-21(27)26-15-13-19-11-8-9-12-20(19)18(26)3/h8-9,11-12,18H,4-7,10,13-17H2,1-3H3,(H,24,29). The summed E-state index contributed by atoms with van der Waals surface area (Å²) in [5.74, 6) is -0.553. The number of fused-ring (bicyclic) bond motifs is 1. The highest BCUT2D eigenvalue weighted by atomic mass is 16.5. The molecule has 1 N–H and O–H groups in total. The van der Waals surface area contributed by atoms with Gasteiger partial charge in [0, 0.05) is 13.1 Å². The quantitative estimate of drug-likeness (QED) is 0.468. The average Bonchev–Trinajstić information content (AvgIpc) is 2.74. The number of nitrogens with zero attached hydrogens (tertiary/aromatic N) is 2. The lowest BCUT2D eigenvalue weighted by molar-refractivity contribution is -0.141. The van der Waals surface area contributed by atoms with Gasteiger partial charge in [-0.1, -0.05) is 50.5 Å². The Morgan fingerprint density at radius 2 is 1.93 bits per heavy atom. The Labute approximate surface area is 179 Å². The van der Waals surface area contributed by atoms with Crippen LogP contribution in [0.3, 0.4) is 0 Å². The van der Waals surface area contributed by atoms with Gasteiger partial charge in [0.15, 0.2) is 0 Å². The number of hydrogen-bond acceptors (Lipinski definition) is 4. The summed E-state index contributed by atoms with van der Waals surface area (Å²) in [7, 11) is 0. The summed E-state index contributed by atoms with van der Waals surface area (Å²) in [6.07, 6.45) is 4.83. The first-order valence-electron chi connectivity index (χ1n) is 11.0. The van der Waals surface area contributed by atoms with E-state index >= 15 is 0 Å². The fourth-order valence-electron chi connectivity index (χ4n) is 3.82. The fraction of sp³-hybridized carbons (Fsp3) is 0.609. The summed E-state index contributed by atoms with van der Waals surface area (Å²) in [6.45, 7) is 7.08. The van der Waals surface area contributed by atoms with Crippen LogP contribution in [0.4, 0.5) is 4.79 Å². The van der Waals surface area contributed by atoms with Gasteiger partial charge in [-0.15, -0.1) is 0 Å². The lowest BCUT2D eigenvalue weighted by Gasteiger charge is -2.36. The van der Waals surface area contributed by atoms with Crippen molar-refractivity contribution in [2.45, 2.75) is 58.9 Å². The molecular formula is C23H35N3O4. The van der Waals surface area contributed by atoms with Crippen LogP contribution in [0.15, 0.2) is 24.3 Å². The first-order valence-corrected chi connectivity index (χ1v) is 11.0. The maximum Gasteiger partial charge on any atom is 0.325 e. The monoisotopic (exact) mass is 417 g/mol. The minimum Gasteiger partial charge on any atom is -0.465 e. The van der Waals surface area contributed by atoms with Gasteiger partial charge in [0.25, 0.3) is 0 Å². The topological polar surface area (TPSA) is 79.0 Å². The van der Waals surface area contributed by atoms with E-state index in [2.05, 4.69) is 24.4 Å². The molecule has 166 valence electrons. The second-order valence-electron chi connectivity index (χ2n) is 7.66. The molecule has 3 amide bonds. The number of urea groups is 1. The zero-order valence-electron chi connectivity index (χ0n) is 18.5. The lowest BCUT2D eigenvalue weighted by Crippen LogP contribution is -2.49. The summed E-state index contributed by atoms with van der Waals surface area (Å²) in [5, 5.41) is 2.59. The predicted molar refractivity (Wildman–Crippen MR) is 116 cm³/mol. The molecule has 1 aliphatic heterocycles. The molecule has 0 saturated heterocycles. The van der Waals surface area contributed by atoms with Crippen molar-refractivity contribution < 1.29 is 19.1 Å². The van der Waals surface area contributed by atoms with E-state index in [0.29, 0.717) is 13.1 Å². The number of unbranched alkanes of at least 4 members (excludes halogenated alkanes) is 3. The molecule has 7 nitrogen and oxygen atoms in total. The second kappa shape index (κ2) is 12.2. The van der Waals surface area contributed by atoms with E-state index in [1.807, 2.05) is 24.0 Å². The SMILES string of the molecule is CCCCCCN(CC(=O)N1CCc2ccccc2C1C)C(=O)NCC(=O)OCC. The second-order valence-corrected chi connectivity index (χ2v) is 7.66. The number of carbonyl (C=O) groups is 3. The molecule has 1 aromatic rings. The number of rotatable bonds is 10. The highest BCUT2D eigenvalue weighted by molar-refractivity contribution is 5.86. The Balaban J connectivity index is 2.00. The molecule has 0 aliphatic carbocycles. The summed E-state index contributed by atoms with van der Waals surface area (Å²) in [6, 6.07) is 7.76. The molecule has 1 atom stereocenters. The maximum absolute atomic E-state index is 13.1. The van der Waals surface area contributed by atoms with E-state index in [1.165, 1.54) is 16.0 Å². The summed E-state index contributed by atoms with van der Waals surface area (Å²) in [4.78, 5) is 40.7. The molecule has 30 heavy (non-hydrogen) atoms. The number of nitrogens with one attached hydrogen (secondary N) is 1. The van der Waals surface area contributed by atoms with Crippen molar-refractivity contribution in [2.75, 3.05) is 32.8 Å². The first kappa shape index (κ1) is 23.7. The third-order valence-corrected chi connectivity index (χ3v) is 5.50. The Kier molecular flexibility index (Phi) is 9.64. The van der Waals surface area contributed by atoms with Crippen LogP contribution in [0.2, 0.25) is 0 Å². The third-order valence-electron chi connectivity index (χ3n) is 5.50. The molecule has 1 heterocycles. The Hall–Kier alpha value is -2.57. The number of carbonyl (C=O) groups excluding carboxylic acids is 3. The summed E-state index contributed by atoms with van der Waals surface area (Å²) < 4.78 is 4.86. The van der Waals surface area contributed by atoms with Gasteiger partial charge in [-0.25, -0.2) is 4.79 Å². The van der Waals surface area contributed by atoms with Crippen molar-refractivity contribution in [1.82, 2.24) is 15.1 Å². The van der Waals surface area contributed by atoms with Crippen LogP contribution in [0.25, 0.3) is 0 Å². The normalized spacial score (nSPS) is 15.3. The molecular weight excluding hydrogens is 382 g/mol. The van der Waals surface area contributed by atoms with Crippen LogP contribution in [0, 0.1) is 0 Å². The number of benzene rings is 1. The van der Waals surface area contributed by atoms with Crippen molar-refractivity contribution in [2.24, 2.45) is 0 Å². The van der Waals surface area contributed by atoms with E-state index in [1.54, 1.807) is 6.92 Å². The number of esters is 1. The molecule has 1 unspecified atom stereocenters. The smallest absolute Gasteiger partial charge is 0.325 e. The van der Waals surface area contributed by atoms with Gasteiger partial charge >= 0.3 is 12.0 Å². The van der Waals surface area contributed by atoms with Crippen molar-refractivity contribution in [3.05, 3.63) is 35.4 Å². The lowest BCUT2D eigenvalue weighted by atomic mass is 9.93. The molecule has 0 spiro atoms. The minimum atomic E-state index is -0.482.